The number of carbonyl (C=O) groups is 2. The van der Waals surface area contributed by atoms with Gasteiger partial charge in [-0.1, -0.05) is 18.2 Å². The average Bonchev–Trinajstić information content (AvgIpc) is 3.16. The largest absolute Gasteiger partial charge is 0.462 e. The number of esters is 1. The Balaban J connectivity index is 1.56. The molecule has 1 fully saturated rings. The lowest BCUT2D eigenvalue weighted by Gasteiger charge is -2.40. The number of amides is 2. The van der Waals surface area contributed by atoms with Crippen LogP contribution in [0.2, 0.25) is 0 Å². The van der Waals surface area contributed by atoms with Crippen molar-refractivity contribution in [2.75, 3.05) is 34.8 Å². The Bertz CT molecular complexity index is 867. The summed E-state index contributed by atoms with van der Waals surface area (Å²) in [5.74, 6) is -0.390. The van der Waals surface area contributed by atoms with E-state index in [9.17, 15) is 9.59 Å². The SMILES string of the molecule is CCOC(=O)c1cccc(NC(=O)N2C[C@H]3CCCN3c3ccccc32)c1. The van der Waals surface area contributed by atoms with Crippen LogP contribution in [-0.2, 0) is 4.74 Å². The molecule has 1 atom stereocenters. The molecule has 6 heteroatoms. The van der Waals surface area contributed by atoms with Crippen LogP contribution in [0.5, 0.6) is 0 Å². The molecule has 140 valence electrons. The minimum atomic E-state index is -0.390. The van der Waals surface area contributed by atoms with Gasteiger partial charge < -0.3 is 15.0 Å². The van der Waals surface area contributed by atoms with E-state index in [-0.39, 0.29) is 6.03 Å². The van der Waals surface area contributed by atoms with E-state index in [1.165, 1.54) is 0 Å². The molecule has 0 aliphatic carbocycles. The molecule has 2 aromatic carbocycles. The first-order valence-corrected chi connectivity index (χ1v) is 9.38. The van der Waals surface area contributed by atoms with Gasteiger partial charge in [0.1, 0.15) is 0 Å². The maximum absolute atomic E-state index is 13.0. The smallest absolute Gasteiger partial charge is 0.338 e. The molecular formula is C21H23N3O3. The number of urea groups is 1. The quantitative estimate of drug-likeness (QED) is 0.839. The number of nitrogens with one attached hydrogen (secondary N) is 1. The van der Waals surface area contributed by atoms with E-state index in [0.29, 0.717) is 30.4 Å². The number of nitrogens with zero attached hydrogens (tertiary/aromatic N) is 2. The molecule has 0 saturated carbocycles. The van der Waals surface area contributed by atoms with Crippen LogP contribution in [0.15, 0.2) is 48.5 Å². The number of rotatable bonds is 3. The van der Waals surface area contributed by atoms with Crippen LogP contribution in [0.4, 0.5) is 21.9 Å². The summed E-state index contributed by atoms with van der Waals surface area (Å²) in [6.07, 6.45) is 2.24. The van der Waals surface area contributed by atoms with Crippen LogP contribution in [-0.4, -0.2) is 37.7 Å². The molecule has 2 aromatic rings. The summed E-state index contributed by atoms with van der Waals surface area (Å²) >= 11 is 0. The number of anilines is 3. The fourth-order valence-corrected chi connectivity index (χ4v) is 3.91. The van der Waals surface area contributed by atoms with E-state index in [2.05, 4.69) is 16.3 Å². The molecule has 4 rings (SSSR count). The minimum absolute atomic E-state index is 0.185. The topological polar surface area (TPSA) is 61.9 Å². The van der Waals surface area contributed by atoms with Crippen LogP contribution < -0.4 is 15.1 Å². The highest BCUT2D eigenvalue weighted by atomic mass is 16.5. The first kappa shape index (κ1) is 17.4. The highest BCUT2D eigenvalue weighted by Crippen LogP contribution is 2.39. The van der Waals surface area contributed by atoms with Crippen LogP contribution in [0.3, 0.4) is 0 Å². The minimum Gasteiger partial charge on any atom is -0.462 e. The number of hydrogen-bond donors (Lipinski definition) is 1. The van der Waals surface area contributed by atoms with Crippen LogP contribution in [0.1, 0.15) is 30.1 Å². The molecule has 1 N–H and O–H groups in total. The molecule has 0 bridgehead atoms. The highest BCUT2D eigenvalue weighted by Gasteiger charge is 2.36. The lowest BCUT2D eigenvalue weighted by Crippen LogP contribution is -2.49. The molecule has 0 aromatic heterocycles. The zero-order valence-corrected chi connectivity index (χ0v) is 15.4. The van der Waals surface area contributed by atoms with Gasteiger partial charge in [0.15, 0.2) is 0 Å². The number of hydrogen-bond acceptors (Lipinski definition) is 4. The van der Waals surface area contributed by atoms with Gasteiger partial charge in [0.05, 0.1) is 23.5 Å². The van der Waals surface area contributed by atoms with Crippen molar-refractivity contribution in [2.45, 2.75) is 25.8 Å². The molecule has 0 unspecified atom stereocenters. The van der Waals surface area contributed by atoms with Crippen molar-refractivity contribution in [1.29, 1.82) is 0 Å². The summed E-state index contributed by atoms with van der Waals surface area (Å²) in [4.78, 5) is 29.1. The van der Waals surface area contributed by atoms with E-state index >= 15 is 0 Å². The second-order valence-electron chi connectivity index (χ2n) is 6.82. The monoisotopic (exact) mass is 365 g/mol. The summed E-state index contributed by atoms with van der Waals surface area (Å²) < 4.78 is 5.03. The second kappa shape index (κ2) is 7.31. The van der Waals surface area contributed by atoms with Crippen molar-refractivity contribution in [2.24, 2.45) is 0 Å². The predicted octanol–water partition coefficient (Wildman–Crippen LogP) is 3.88. The molecule has 2 amide bonds. The summed E-state index contributed by atoms with van der Waals surface area (Å²) in [5, 5.41) is 2.93. The van der Waals surface area contributed by atoms with Crippen molar-refractivity contribution in [1.82, 2.24) is 0 Å². The van der Waals surface area contributed by atoms with Gasteiger partial charge >= 0.3 is 12.0 Å². The third-order valence-corrected chi connectivity index (χ3v) is 5.12. The maximum atomic E-state index is 13.0. The molecule has 2 aliphatic rings. The van der Waals surface area contributed by atoms with Gasteiger partial charge in [-0.2, -0.15) is 0 Å². The summed E-state index contributed by atoms with van der Waals surface area (Å²) in [6.45, 7) is 3.79. The molecular weight excluding hydrogens is 342 g/mol. The Labute approximate surface area is 158 Å². The van der Waals surface area contributed by atoms with Crippen LogP contribution in [0.25, 0.3) is 0 Å². The van der Waals surface area contributed by atoms with Gasteiger partial charge in [-0.05, 0) is 50.1 Å². The van der Waals surface area contributed by atoms with E-state index < -0.39 is 5.97 Å². The summed E-state index contributed by atoms with van der Waals surface area (Å²) in [5.41, 5.74) is 3.05. The first-order chi connectivity index (χ1) is 13.2. The lowest BCUT2D eigenvalue weighted by atomic mass is 10.1. The molecule has 2 heterocycles. The number of ether oxygens (including phenoxy) is 1. The van der Waals surface area contributed by atoms with Gasteiger partial charge in [0, 0.05) is 24.8 Å². The number of para-hydroxylation sites is 2. The van der Waals surface area contributed by atoms with Gasteiger partial charge in [0.2, 0.25) is 0 Å². The third-order valence-electron chi connectivity index (χ3n) is 5.12. The second-order valence-corrected chi connectivity index (χ2v) is 6.82. The van der Waals surface area contributed by atoms with Crippen molar-refractivity contribution < 1.29 is 14.3 Å². The van der Waals surface area contributed by atoms with E-state index in [1.807, 2.05) is 18.2 Å². The Kier molecular flexibility index (Phi) is 4.71. The van der Waals surface area contributed by atoms with Crippen molar-refractivity contribution in [3.05, 3.63) is 54.1 Å². The maximum Gasteiger partial charge on any atom is 0.338 e. The highest BCUT2D eigenvalue weighted by molar-refractivity contribution is 6.05. The third kappa shape index (κ3) is 3.35. The molecule has 0 radical (unpaired) electrons. The van der Waals surface area contributed by atoms with E-state index in [1.54, 1.807) is 36.1 Å². The molecule has 1 saturated heterocycles. The van der Waals surface area contributed by atoms with Gasteiger partial charge in [-0.3, -0.25) is 4.90 Å². The fourth-order valence-electron chi connectivity index (χ4n) is 3.91. The molecule has 6 nitrogen and oxygen atoms in total. The number of carbonyl (C=O) groups excluding carboxylic acids is 2. The summed E-state index contributed by atoms with van der Waals surface area (Å²) in [6, 6.07) is 15.0. The Hall–Kier alpha value is -3.02. The number of fused-ring (bicyclic) bond motifs is 3. The van der Waals surface area contributed by atoms with Crippen molar-refractivity contribution in [3.8, 4) is 0 Å². The zero-order valence-electron chi connectivity index (χ0n) is 15.4. The average molecular weight is 365 g/mol. The van der Waals surface area contributed by atoms with Gasteiger partial charge in [0.25, 0.3) is 0 Å². The Morgan fingerprint density at radius 2 is 1.96 bits per heavy atom. The normalized spacial score (nSPS) is 17.9. The fraction of sp³-hybridized carbons (Fsp3) is 0.333. The zero-order chi connectivity index (χ0) is 18.8. The molecule has 27 heavy (non-hydrogen) atoms. The van der Waals surface area contributed by atoms with Crippen LogP contribution in [0, 0.1) is 0 Å². The van der Waals surface area contributed by atoms with Crippen LogP contribution >= 0.6 is 0 Å². The predicted molar refractivity (Wildman–Crippen MR) is 106 cm³/mol. The molecule has 2 aliphatic heterocycles. The van der Waals surface area contributed by atoms with Gasteiger partial charge in [-0.15, -0.1) is 0 Å². The van der Waals surface area contributed by atoms with Crippen molar-refractivity contribution in [3.63, 3.8) is 0 Å². The standard InChI is InChI=1S/C21H23N3O3/c1-2-27-20(25)15-7-5-8-16(13-15)22-21(26)24-14-17-9-6-12-23(17)18-10-3-4-11-19(18)24/h3-5,7-8,10-11,13,17H,2,6,9,12,14H2,1H3,(H,22,26)/t17-/m1/s1. The lowest BCUT2D eigenvalue weighted by molar-refractivity contribution is 0.0526. The van der Waals surface area contributed by atoms with Gasteiger partial charge in [-0.25, -0.2) is 9.59 Å². The van der Waals surface area contributed by atoms with E-state index in [4.69, 9.17) is 4.74 Å². The number of benzene rings is 2. The van der Waals surface area contributed by atoms with E-state index in [0.717, 1.165) is 30.8 Å². The first-order valence-electron chi connectivity index (χ1n) is 9.38. The molecule has 0 spiro atoms. The Morgan fingerprint density at radius 1 is 1.15 bits per heavy atom. The Morgan fingerprint density at radius 3 is 2.78 bits per heavy atom. The summed E-state index contributed by atoms with van der Waals surface area (Å²) in [7, 11) is 0. The van der Waals surface area contributed by atoms with Crippen molar-refractivity contribution >= 4 is 29.1 Å².